The minimum absolute atomic E-state index is 0.131. The number of nitriles is 1. The van der Waals surface area contributed by atoms with Gasteiger partial charge in [-0.15, -0.1) is 0 Å². The van der Waals surface area contributed by atoms with Gasteiger partial charge in [0, 0.05) is 13.1 Å². The second-order valence-electron chi connectivity index (χ2n) is 7.53. The van der Waals surface area contributed by atoms with Crippen molar-refractivity contribution in [2.75, 3.05) is 7.05 Å². The quantitative estimate of drug-likeness (QED) is 0.558. The number of halogens is 1. The van der Waals surface area contributed by atoms with E-state index < -0.39 is 6.04 Å². The first-order valence-electron chi connectivity index (χ1n) is 10.3. The fraction of sp³-hybridized carbons (Fsp3) is 0.231. The predicted molar refractivity (Wildman–Crippen MR) is 120 cm³/mol. The summed E-state index contributed by atoms with van der Waals surface area (Å²) in [6.07, 6.45) is 1.45. The molecule has 2 atom stereocenters. The van der Waals surface area contributed by atoms with E-state index in [9.17, 15) is 9.18 Å². The number of nitrogens with zero attached hydrogens (tertiary/aromatic N) is 1. The smallest absolute Gasteiger partial charge is 0.241 e. The zero-order chi connectivity index (χ0) is 22.2. The SMILES string of the molecule is CNC(=O)[C@H](N[C@H](CCc1ccc(C#N)cc1)c1ccc(F)c(C)c1)c1ccccc1. The van der Waals surface area contributed by atoms with E-state index in [0.29, 0.717) is 17.5 Å². The summed E-state index contributed by atoms with van der Waals surface area (Å²) in [6, 6.07) is 23.5. The summed E-state index contributed by atoms with van der Waals surface area (Å²) in [5.41, 5.74) is 4.08. The van der Waals surface area contributed by atoms with Crippen molar-refractivity contribution in [2.24, 2.45) is 0 Å². The second kappa shape index (κ2) is 10.5. The van der Waals surface area contributed by atoms with Gasteiger partial charge in [-0.05, 0) is 60.2 Å². The van der Waals surface area contributed by atoms with Crippen molar-refractivity contribution in [3.8, 4) is 6.07 Å². The summed E-state index contributed by atoms with van der Waals surface area (Å²) in [4.78, 5) is 12.7. The summed E-state index contributed by atoms with van der Waals surface area (Å²) in [5.74, 6) is -0.381. The van der Waals surface area contributed by atoms with Gasteiger partial charge in [-0.25, -0.2) is 4.39 Å². The summed E-state index contributed by atoms with van der Waals surface area (Å²) < 4.78 is 13.9. The largest absolute Gasteiger partial charge is 0.358 e. The summed E-state index contributed by atoms with van der Waals surface area (Å²) in [7, 11) is 1.62. The monoisotopic (exact) mass is 415 g/mol. The number of amides is 1. The Balaban J connectivity index is 1.88. The Morgan fingerprint density at radius 2 is 1.74 bits per heavy atom. The zero-order valence-electron chi connectivity index (χ0n) is 17.7. The number of carbonyl (C=O) groups is 1. The molecule has 0 heterocycles. The molecule has 0 aliphatic rings. The molecule has 0 bridgehead atoms. The van der Waals surface area contributed by atoms with Crippen molar-refractivity contribution in [3.05, 3.63) is 106 Å². The topological polar surface area (TPSA) is 64.9 Å². The van der Waals surface area contributed by atoms with Gasteiger partial charge in [0.05, 0.1) is 11.6 Å². The third-order valence-electron chi connectivity index (χ3n) is 5.40. The Labute approximate surface area is 182 Å². The van der Waals surface area contributed by atoms with Crippen LogP contribution >= 0.6 is 0 Å². The molecule has 3 rings (SSSR count). The maximum Gasteiger partial charge on any atom is 0.241 e. The molecule has 0 aliphatic heterocycles. The number of nitrogens with one attached hydrogen (secondary N) is 2. The third-order valence-corrected chi connectivity index (χ3v) is 5.40. The molecular formula is C26H26FN3O. The number of likely N-dealkylation sites (N-methyl/N-ethyl adjacent to an activating group) is 1. The Bertz CT molecular complexity index is 1060. The maximum absolute atomic E-state index is 13.9. The van der Waals surface area contributed by atoms with Crippen molar-refractivity contribution in [1.29, 1.82) is 5.26 Å². The number of hydrogen-bond acceptors (Lipinski definition) is 3. The van der Waals surface area contributed by atoms with E-state index in [1.54, 1.807) is 32.2 Å². The van der Waals surface area contributed by atoms with E-state index in [-0.39, 0.29) is 17.8 Å². The van der Waals surface area contributed by atoms with Crippen LogP contribution in [-0.4, -0.2) is 13.0 Å². The first-order chi connectivity index (χ1) is 15.0. The van der Waals surface area contributed by atoms with Gasteiger partial charge < -0.3 is 5.32 Å². The zero-order valence-corrected chi connectivity index (χ0v) is 17.7. The van der Waals surface area contributed by atoms with Gasteiger partial charge in [0.1, 0.15) is 11.9 Å². The van der Waals surface area contributed by atoms with Crippen LogP contribution in [0, 0.1) is 24.1 Å². The summed E-state index contributed by atoms with van der Waals surface area (Å²) in [6.45, 7) is 1.74. The van der Waals surface area contributed by atoms with Crippen LogP contribution in [0.25, 0.3) is 0 Å². The van der Waals surface area contributed by atoms with Gasteiger partial charge in [-0.1, -0.05) is 54.6 Å². The average Bonchev–Trinajstić information content (AvgIpc) is 2.81. The van der Waals surface area contributed by atoms with E-state index in [4.69, 9.17) is 5.26 Å². The number of carbonyl (C=O) groups excluding carboxylic acids is 1. The molecule has 0 aliphatic carbocycles. The lowest BCUT2D eigenvalue weighted by Crippen LogP contribution is -2.38. The van der Waals surface area contributed by atoms with Gasteiger partial charge in [-0.3, -0.25) is 10.1 Å². The van der Waals surface area contributed by atoms with Crippen LogP contribution in [0.4, 0.5) is 4.39 Å². The van der Waals surface area contributed by atoms with Gasteiger partial charge in [0.2, 0.25) is 5.91 Å². The van der Waals surface area contributed by atoms with Crippen LogP contribution in [-0.2, 0) is 11.2 Å². The third kappa shape index (κ3) is 5.78. The van der Waals surface area contributed by atoms with Crippen LogP contribution in [0.3, 0.4) is 0 Å². The first-order valence-corrected chi connectivity index (χ1v) is 10.3. The lowest BCUT2D eigenvalue weighted by atomic mass is 9.95. The molecule has 31 heavy (non-hydrogen) atoms. The van der Waals surface area contributed by atoms with E-state index in [2.05, 4.69) is 16.7 Å². The molecule has 5 heteroatoms. The van der Waals surface area contributed by atoms with Gasteiger partial charge in [0.25, 0.3) is 0 Å². The van der Waals surface area contributed by atoms with Crippen LogP contribution < -0.4 is 10.6 Å². The van der Waals surface area contributed by atoms with Gasteiger partial charge >= 0.3 is 0 Å². The van der Waals surface area contributed by atoms with Crippen LogP contribution in [0.5, 0.6) is 0 Å². The highest BCUT2D eigenvalue weighted by Gasteiger charge is 2.24. The van der Waals surface area contributed by atoms with Crippen molar-refractivity contribution in [1.82, 2.24) is 10.6 Å². The van der Waals surface area contributed by atoms with Crippen molar-refractivity contribution in [3.63, 3.8) is 0 Å². The Kier molecular flexibility index (Phi) is 7.53. The van der Waals surface area contributed by atoms with Crippen molar-refractivity contribution < 1.29 is 9.18 Å². The predicted octanol–water partition coefficient (Wildman–Crippen LogP) is 4.76. The average molecular weight is 416 g/mol. The van der Waals surface area contributed by atoms with Gasteiger partial charge in [0.15, 0.2) is 0 Å². The highest BCUT2D eigenvalue weighted by Crippen LogP contribution is 2.26. The molecule has 0 unspecified atom stereocenters. The first kappa shape index (κ1) is 22.2. The molecule has 0 fully saturated rings. The van der Waals surface area contributed by atoms with Crippen LogP contribution in [0.15, 0.2) is 72.8 Å². The highest BCUT2D eigenvalue weighted by molar-refractivity contribution is 5.83. The molecule has 158 valence electrons. The molecule has 3 aromatic rings. The lowest BCUT2D eigenvalue weighted by molar-refractivity contribution is -0.123. The Morgan fingerprint density at radius 3 is 2.35 bits per heavy atom. The van der Waals surface area contributed by atoms with Gasteiger partial charge in [-0.2, -0.15) is 5.26 Å². The number of aryl methyl sites for hydroxylation is 2. The molecule has 3 aromatic carbocycles. The number of rotatable bonds is 8. The van der Waals surface area contributed by atoms with Crippen molar-refractivity contribution in [2.45, 2.75) is 31.8 Å². The molecule has 1 amide bonds. The minimum atomic E-state index is -0.539. The minimum Gasteiger partial charge on any atom is -0.358 e. The fourth-order valence-electron chi connectivity index (χ4n) is 3.60. The Morgan fingerprint density at radius 1 is 1.03 bits per heavy atom. The van der Waals surface area contributed by atoms with Crippen molar-refractivity contribution >= 4 is 5.91 Å². The lowest BCUT2D eigenvalue weighted by Gasteiger charge is -2.26. The molecule has 0 saturated heterocycles. The number of benzene rings is 3. The van der Waals surface area contributed by atoms with E-state index >= 15 is 0 Å². The molecule has 0 radical (unpaired) electrons. The molecular weight excluding hydrogens is 389 g/mol. The van der Waals surface area contributed by atoms with E-state index in [0.717, 1.165) is 23.1 Å². The Hall–Kier alpha value is -3.49. The second-order valence-corrected chi connectivity index (χ2v) is 7.53. The fourth-order valence-corrected chi connectivity index (χ4v) is 3.60. The van der Waals surface area contributed by atoms with Crippen LogP contribution in [0.2, 0.25) is 0 Å². The normalized spacial score (nSPS) is 12.6. The molecule has 0 aromatic heterocycles. The maximum atomic E-state index is 13.9. The summed E-state index contributed by atoms with van der Waals surface area (Å²) in [5, 5.41) is 15.2. The highest BCUT2D eigenvalue weighted by atomic mass is 19.1. The van der Waals surface area contributed by atoms with E-state index in [1.165, 1.54) is 6.07 Å². The summed E-state index contributed by atoms with van der Waals surface area (Å²) >= 11 is 0. The molecule has 4 nitrogen and oxygen atoms in total. The van der Waals surface area contributed by atoms with Crippen LogP contribution in [0.1, 0.15) is 46.3 Å². The number of hydrogen-bond donors (Lipinski definition) is 2. The molecule has 0 spiro atoms. The molecule has 0 saturated carbocycles. The molecule has 2 N–H and O–H groups in total. The van der Waals surface area contributed by atoms with E-state index in [1.807, 2.05) is 48.5 Å². The standard InChI is InChI=1S/C26H26FN3O/c1-18-16-22(13-14-23(18)27)24(15-12-19-8-10-20(17-28)11-9-19)30-25(26(31)29-2)21-6-4-3-5-7-21/h3-11,13-14,16,24-25,30H,12,15H2,1-2H3,(H,29,31)/t24-,25-/m1/s1.